The molecule has 3 heterocycles. The number of carboxylic acids is 1. The minimum absolute atomic E-state index is 0.136. The van der Waals surface area contributed by atoms with E-state index in [2.05, 4.69) is 15.1 Å². The van der Waals surface area contributed by atoms with Gasteiger partial charge in [-0.15, -0.1) is 0 Å². The molecule has 0 bridgehead atoms. The number of hydrogen-bond donors (Lipinski definition) is 2. The Morgan fingerprint density at radius 2 is 2.29 bits per heavy atom. The Bertz CT molecular complexity index is 721. The molecule has 0 aliphatic carbocycles. The van der Waals surface area contributed by atoms with Gasteiger partial charge in [0.2, 0.25) is 0 Å². The predicted molar refractivity (Wildman–Crippen MR) is 82.1 cm³/mol. The summed E-state index contributed by atoms with van der Waals surface area (Å²) >= 11 is 2.93. The van der Waals surface area contributed by atoms with Gasteiger partial charge in [-0.2, -0.15) is 16.9 Å². The van der Waals surface area contributed by atoms with E-state index in [1.165, 1.54) is 6.20 Å². The van der Waals surface area contributed by atoms with Gasteiger partial charge in [-0.25, -0.2) is 9.67 Å². The molecule has 1 fully saturated rings. The molecule has 112 valence electrons. The van der Waals surface area contributed by atoms with Crippen LogP contribution < -0.4 is 5.56 Å². The van der Waals surface area contributed by atoms with Gasteiger partial charge in [0.25, 0.3) is 5.56 Å². The van der Waals surface area contributed by atoms with E-state index in [9.17, 15) is 9.59 Å². The minimum Gasteiger partial charge on any atom is -0.481 e. The molecular weight excluding hydrogens is 312 g/mol. The Hall–Kier alpha value is -1.48. The Morgan fingerprint density at radius 1 is 1.52 bits per heavy atom. The maximum absolute atomic E-state index is 12.0. The van der Waals surface area contributed by atoms with Crippen LogP contribution in [-0.4, -0.2) is 48.1 Å². The first kappa shape index (κ1) is 14.5. The number of rotatable bonds is 4. The topological polar surface area (TPSA) is 101 Å². The molecule has 1 saturated heterocycles. The van der Waals surface area contributed by atoms with Gasteiger partial charge in [0.05, 0.1) is 18.0 Å². The number of fused-ring (bicyclic) bond motifs is 1. The minimum atomic E-state index is -0.944. The molecule has 0 amide bonds. The molecule has 1 aliphatic rings. The lowest BCUT2D eigenvalue weighted by Crippen LogP contribution is -2.18. The molecule has 2 aromatic rings. The molecule has 0 saturated carbocycles. The van der Waals surface area contributed by atoms with Gasteiger partial charge in [-0.3, -0.25) is 9.59 Å². The summed E-state index contributed by atoms with van der Waals surface area (Å²) in [6.45, 7) is 0. The monoisotopic (exact) mass is 326 g/mol. The zero-order valence-electron chi connectivity index (χ0n) is 11.1. The van der Waals surface area contributed by atoms with E-state index >= 15 is 0 Å². The van der Waals surface area contributed by atoms with Crippen molar-refractivity contribution in [1.82, 2.24) is 19.7 Å². The van der Waals surface area contributed by atoms with Crippen LogP contribution in [-0.2, 0) is 4.79 Å². The number of carboxylic acid groups (broad SMARTS) is 1. The number of nitrogens with zero attached hydrogens (tertiary/aromatic N) is 3. The van der Waals surface area contributed by atoms with Crippen LogP contribution in [0.25, 0.3) is 11.0 Å². The highest BCUT2D eigenvalue weighted by atomic mass is 32.2. The van der Waals surface area contributed by atoms with E-state index in [0.29, 0.717) is 16.2 Å². The normalized spacial score (nSPS) is 16.4. The van der Waals surface area contributed by atoms with Crippen LogP contribution in [0.2, 0.25) is 0 Å². The highest BCUT2D eigenvalue weighted by molar-refractivity contribution is 7.99. The number of hydrogen-bond acceptors (Lipinski definition) is 6. The third-order valence-corrected chi connectivity index (χ3v) is 5.22. The van der Waals surface area contributed by atoms with E-state index < -0.39 is 5.97 Å². The number of aromatic amines is 1. The predicted octanol–water partition coefficient (Wildman–Crippen LogP) is 1.36. The molecule has 2 aromatic heterocycles. The van der Waals surface area contributed by atoms with Crippen molar-refractivity contribution in [2.75, 3.05) is 17.3 Å². The maximum atomic E-state index is 12.0. The Kier molecular flexibility index (Phi) is 4.20. The SMILES string of the molecule is O=C(O)CSc1nc2c(cnn2C2CCSCC2)c(=O)[nH]1. The lowest BCUT2D eigenvalue weighted by atomic mass is 10.1. The first-order valence-corrected chi connectivity index (χ1v) is 8.69. The van der Waals surface area contributed by atoms with E-state index in [0.717, 1.165) is 36.1 Å². The number of carbonyl (C=O) groups is 1. The summed E-state index contributed by atoms with van der Waals surface area (Å²) in [5.74, 6) is 1.08. The highest BCUT2D eigenvalue weighted by Gasteiger charge is 2.20. The van der Waals surface area contributed by atoms with Gasteiger partial charge in [0, 0.05) is 0 Å². The summed E-state index contributed by atoms with van der Waals surface area (Å²) in [5, 5.41) is 13.8. The van der Waals surface area contributed by atoms with Crippen LogP contribution in [0.4, 0.5) is 0 Å². The van der Waals surface area contributed by atoms with Crippen LogP contribution in [0.15, 0.2) is 16.1 Å². The van der Waals surface area contributed by atoms with E-state index in [-0.39, 0.29) is 17.4 Å². The van der Waals surface area contributed by atoms with Gasteiger partial charge in [0.1, 0.15) is 5.39 Å². The van der Waals surface area contributed by atoms with Gasteiger partial charge in [-0.1, -0.05) is 11.8 Å². The summed E-state index contributed by atoms with van der Waals surface area (Å²) in [6, 6.07) is 0.260. The average Bonchev–Trinajstić information content (AvgIpc) is 2.90. The molecule has 0 aromatic carbocycles. The molecule has 7 nitrogen and oxygen atoms in total. The second kappa shape index (κ2) is 6.10. The second-order valence-corrected chi connectivity index (χ2v) is 6.91. The average molecular weight is 326 g/mol. The summed E-state index contributed by atoms with van der Waals surface area (Å²) < 4.78 is 1.81. The summed E-state index contributed by atoms with van der Waals surface area (Å²) in [6.07, 6.45) is 3.55. The van der Waals surface area contributed by atoms with Gasteiger partial charge >= 0.3 is 5.97 Å². The van der Waals surface area contributed by atoms with Crippen LogP contribution in [0.1, 0.15) is 18.9 Å². The number of aliphatic carboxylic acids is 1. The quantitative estimate of drug-likeness (QED) is 0.646. The summed E-state index contributed by atoms with van der Waals surface area (Å²) in [7, 11) is 0. The third kappa shape index (κ3) is 3.08. The fourth-order valence-corrected chi connectivity index (χ4v) is 3.97. The van der Waals surface area contributed by atoms with Crippen molar-refractivity contribution < 1.29 is 9.90 Å². The van der Waals surface area contributed by atoms with Crippen molar-refractivity contribution in [2.45, 2.75) is 24.0 Å². The van der Waals surface area contributed by atoms with Gasteiger partial charge in [-0.05, 0) is 24.3 Å². The first-order valence-electron chi connectivity index (χ1n) is 6.55. The Morgan fingerprint density at radius 3 is 3.00 bits per heavy atom. The fraction of sp³-hybridized carbons (Fsp3) is 0.500. The van der Waals surface area contributed by atoms with Crippen molar-refractivity contribution in [3.63, 3.8) is 0 Å². The molecule has 0 atom stereocenters. The lowest BCUT2D eigenvalue weighted by Gasteiger charge is -2.21. The fourth-order valence-electron chi connectivity index (χ4n) is 2.31. The van der Waals surface area contributed by atoms with Crippen molar-refractivity contribution in [3.05, 3.63) is 16.6 Å². The molecule has 2 N–H and O–H groups in total. The molecule has 0 radical (unpaired) electrons. The smallest absolute Gasteiger partial charge is 0.313 e. The summed E-state index contributed by atoms with van der Waals surface area (Å²) in [5.41, 5.74) is 0.271. The molecule has 0 spiro atoms. The first-order chi connectivity index (χ1) is 10.1. The number of nitrogens with one attached hydrogen (secondary N) is 1. The third-order valence-electron chi connectivity index (χ3n) is 3.31. The summed E-state index contributed by atoms with van der Waals surface area (Å²) in [4.78, 5) is 29.6. The number of H-pyrrole nitrogens is 1. The highest BCUT2D eigenvalue weighted by Crippen LogP contribution is 2.28. The van der Waals surface area contributed by atoms with Crippen LogP contribution in [0.3, 0.4) is 0 Å². The molecule has 1 aliphatic heterocycles. The Balaban J connectivity index is 1.98. The van der Waals surface area contributed by atoms with Crippen LogP contribution >= 0.6 is 23.5 Å². The molecule has 3 rings (SSSR count). The zero-order valence-corrected chi connectivity index (χ0v) is 12.7. The molecule has 0 unspecified atom stereocenters. The number of aromatic nitrogens is 4. The van der Waals surface area contributed by atoms with Crippen LogP contribution in [0, 0.1) is 0 Å². The van der Waals surface area contributed by atoms with Crippen molar-refractivity contribution >= 4 is 40.5 Å². The zero-order chi connectivity index (χ0) is 14.8. The molecule has 21 heavy (non-hydrogen) atoms. The maximum Gasteiger partial charge on any atom is 0.313 e. The molecule has 9 heteroatoms. The molecular formula is C12H14N4O3S2. The van der Waals surface area contributed by atoms with Crippen molar-refractivity contribution in [1.29, 1.82) is 0 Å². The van der Waals surface area contributed by atoms with Gasteiger partial charge < -0.3 is 10.1 Å². The van der Waals surface area contributed by atoms with Crippen molar-refractivity contribution in [2.24, 2.45) is 0 Å². The lowest BCUT2D eigenvalue weighted by molar-refractivity contribution is -0.133. The largest absolute Gasteiger partial charge is 0.481 e. The number of thioether (sulfide) groups is 2. The van der Waals surface area contributed by atoms with E-state index in [1.807, 2.05) is 16.4 Å². The van der Waals surface area contributed by atoms with E-state index in [1.54, 1.807) is 0 Å². The Labute approximate surface area is 128 Å². The standard InChI is InChI=1S/C12H14N4O3S2/c17-9(18)6-21-12-14-10-8(11(19)15-12)5-13-16(10)7-1-3-20-4-2-7/h5,7H,1-4,6H2,(H,17,18)(H,14,15,19). The van der Waals surface area contributed by atoms with Crippen LogP contribution in [0.5, 0.6) is 0 Å². The van der Waals surface area contributed by atoms with E-state index in [4.69, 9.17) is 5.11 Å². The van der Waals surface area contributed by atoms with Crippen molar-refractivity contribution in [3.8, 4) is 0 Å². The second-order valence-electron chi connectivity index (χ2n) is 4.72. The van der Waals surface area contributed by atoms with Gasteiger partial charge in [0.15, 0.2) is 10.8 Å².